The molecule has 0 saturated heterocycles. The number of hydrogen-bond acceptors (Lipinski definition) is 4. The van der Waals surface area contributed by atoms with Gasteiger partial charge in [-0.05, 0) is 35.4 Å². The highest BCUT2D eigenvalue weighted by Crippen LogP contribution is 2.39. The van der Waals surface area contributed by atoms with Gasteiger partial charge < -0.3 is 20.3 Å². The van der Waals surface area contributed by atoms with Gasteiger partial charge >= 0.3 is 0 Å². The van der Waals surface area contributed by atoms with Gasteiger partial charge in [0, 0.05) is 11.1 Å². The number of anilines is 2. The molecule has 0 spiro atoms. The molecule has 4 nitrogen and oxygen atoms in total. The average Bonchev–Trinajstić information content (AvgIpc) is 2.83. The standard InChI is InChI=1S/C26H24N2O2/c1-29-23-17-9-15-21(25(23)19-11-5-3-6-12-19)27-28-22-16-10-18-24(30-2)26(22)20-13-7-4-8-14-20/h3-18,27-28H,1-2H3. The molecular weight excluding hydrogens is 372 g/mol. The van der Waals surface area contributed by atoms with Crippen molar-refractivity contribution in [2.75, 3.05) is 25.1 Å². The Bertz CT molecular complexity index is 1020. The first kappa shape index (κ1) is 19.4. The summed E-state index contributed by atoms with van der Waals surface area (Å²) in [6, 6.07) is 32.3. The zero-order chi connectivity index (χ0) is 20.8. The second-order valence-electron chi connectivity index (χ2n) is 6.75. The Balaban J connectivity index is 1.72. The molecule has 0 fully saturated rings. The lowest BCUT2D eigenvalue weighted by Crippen LogP contribution is -2.11. The third-order valence-electron chi connectivity index (χ3n) is 4.95. The maximum absolute atomic E-state index is 5.63. The largest absolute Gasteiger partial charge is 0.496 e. The van der Waals surface area contributed by atoms with Gasteiger partial charge in [0.15, 0.2) is 0 Å². The Hall–Kier alpha value is -3.92. The first-order valence-electron chi connectivity index (χ1n) is 9.78. The Kier molecular flexibility index (Phi) is 5.85. The van der Waals surface area contributed by atoms with Gasteiger partial charge in [0.2, 0.25) is 0 Å². The molecule has 0 aromatic heterocycles. The first-order chi connectivity index (χ1) is 14.8. The Morgan fingerprint density at radius 3 is 1.23 bits per heavy atom. The maximum atomic E-state index is 5.63. The van der Waals surface area contributed by atoms with Crippen molar-refractivity contribution in [2.24, 2.45) is 0 Å². The molecule has 0 aliphatic carbocycles. The fraction of sp³-hybridized carbons (Fsp3) is 0.0769. The van der Waals surface area contributed by atoms with Crippen LogP contribution in [0.25, 0.3) is 22.3 Å². The van der Waals surface area contributed by atoms with Gasteiger partial charge in [0.05, 0.1) is 25.6 Å². The summed E-state index contributed by atoms with van der Waals surface area (Å²) in [6.45, 7) is 0. The molecule has 0 radical (unpaired) electrons. The van der Waals surface area contributed by atoms with E-state index in [1.54, 1.807) is 14.2 Å². The van der Waals surface area contributed by atoms with Gasteiger partial charge in [-0.3, -0.25) is 0 Å². The van der Waals surface area contributed by atoms with Crippen molar-refractivity contribution >= 4 is 11.4 Å². The smallest absolute Gasteiger partial charge is 0.128 e. The predicted octanol–water partition coefficient (Wildman–Crippen LogP) is 6.48. The lowest BCUT2D eigenvalue weighted by Gasteiger charge is -2.20. The summed E-state index contributed by atoms with van der Waals surface area (Å²) in [7, 11) is 3.38. The third kappa shape index (κ3) is 3.94. The summed E-state index contributed by atoms with van der Waals surface area (Å²) in [6.07, 6.45) is 0. The van der Waals surface area contributed by atoms with Crippen molar-refractivity contribution in [3.8, 4) is 33.8 Å². The van der Waals surface area contributed by atoms with E-state index in [9.17, 15) is 0 Å². The number of benzene rings is 4. The summed E-state index contributed by atoms with van der Waals surface area (Å²) in [5.74, 6) is 1.61. The van der Waals surface area contributed by atoms with Crippen LogP contribution in [0.4, 0.5) is 11.4 Å². The van der Waals surface area contributed by atoms with Crippen LogP contribution >= 0.6 is 0 Å². The molecule has 0 atom stereocenters. The lowest BCUT2D eigenvalue weighted by atomic mass is 10.0. The normalized spacial score (nSPS) is 10.3. The highest BCUT2D eigenvalue weighted by atomic mass is 16.5. The van der Waals surface area contributed by atoms with Gasteiger partial charge in [-0.2, -0.15) is 0 Å². The molecule has 0 unspecified atom stereocenters. The number of rotatable bonds is 7. The van der Waals surface area contributed by atoms with Gasteiger partial charge in [-0.25, -0.2) is 0 Å². The quantitative estimate of drug-likeness (QED) is 0.351. The number of hydrogen-bond donors (Lipinski definition) is 2. The molecule has 30 heavy (non-hydrogen) atoms. The summed E-state index contributed by atoms with van der Waals surface area (Å²) < 4.78 is 11.3. The molecular formula is C26H24N2O2. The number of methoxy groups -OCH3 is 2. The topological polar surface area (TPSA) is 42.5 Å². The molecule has 150 valence electrons. The van der Waals surface area contributed by atoms with Crippen LogP contribution in [0, 0.1) is 0 Å². The van der Waals surface area contributed by atoms with Crippen molar-refractivity contribution in [1.82, 2.24) is 0 Å². The van der Waals surface area contributed by atoms with Gasteiger partial charge in [-0.1, -0.05) is 72.8 Å². The van der Waals surface area contributed by atoms with Crippen LogP contribution in [0.3, 0.4) is 0 Å². The molecule has 0 amide bonds. The molecule has 2 N–H and O–H groups in total. The predicted molar refractivity (Wildman–Crippen MR) is 124 cm³/mol. The molecule has 4 rings (SSSR count). The highest BCUT2D eigenvalue weighted by Gasteiger charge is 2.14. The minimum Gasteiger partial charge on any atom is -0.496 e. The second-order valence-corrected chi connectivity index (χ2v) is 6.75. The van der Waals surface area contributed by atoms with E-state index in [0.717, 1.165) is 45.1 Å². The summed E-state index contributed by atoms with van der Waals surface area (Å²) in [4.78, 5) is 0. The van der Waals surface area contributed by atoms with Crippen molar-refractivity contribution in [2.45, 2.75) is 0 Å². The van der Waals surface area contributed by atoms with Crippen LogP contribution in [-0.2, 0) is 0 Å². The average molecular weight is 396 g/mol. The Morgan fingerprint density at radius 1 is 0.467 bits per heavy atom. The van der Waals surface area contributed by atoms with Crippen LogP contribution < -0.4 is 20.3 Å². The Morgan fingerprint density at radius 2 is 0.867 bits per heavy atom. The minimum atomic E-state index is 0.807. The monoisotopic (exact) mass is 396 g/mol. The second kappa shape index (κ2) is 9.05. The van der Waals surface area contributed by atoms with Crippen LogP contribution in [0.2, 0.25) is 0 Å². The molecule has 0 saturated carbocycles. The fourth-order valence-electron chi connectivity index (χ4n) is 3.55. The number of ether oxygens (including phenoxy) is 2. The van der Waals surface area contributed by atoms with E-state index in [-0.39, 0.29) is 0 Å². The van der Waals surface area contributed by atoms with Gasteiger partial charge in [0.25, 0.3) is 0 Å². The summed E-state index contributed by atoms with van der Waals surface area (Å²) in [5.41, 5.74) is 12.7. The van der Waals surface area contributed by atoms with Crippen LogP contribution in [0.15, 0.2) is 97.1 Å². The zero-order valence-electron chi connectivity index (χ0n) is 17.1. The van der Waals surface area contributed by atoms with Crippen molar-refractivity contribution in [3.63, 3.8) is 0 Å². The molecule has 4 heteroatoms. The summed E-state index contributed by atoms with van der Waals surface area (Å²) >= 11 is 0. The van der Waals surface area contributed by atoms with E-state index in [2.05, 4.69) is 35.1 Å². The molecule has 4 aromatic rings. The Labute approximate surface area is 177 Å². The van der Waals surface area contributed by atoms with Crippen molar-refractivity contribution in [3.05, 3.63) is 97.1 Å². The van der Waals surface area contributed by atoms with Gasteiger partial charge in [0.1, 0.15) is 11.5 Å². The minimum absolute atomic E-state index is 0.807. The zero-order valence-corrected chi connectivity index (χ0v) is 17.1. The molecule has 0 aliphatic heterocycles. The van der Waals surface area contributed by atoms with Crippen molar-refractivity contribution in [1.29, 1.82) is 0 Å². The number of nitrogens with one attached hydrogen (secondary N) is 2. The van der Waals surface area contributed by atoms with E-state index in [4.69, 9.17) is 9.47 Å². The van der Waals surface area contributed by atoms with E-state index in [1.165, 1.54) is 0 Å². The first-order valence-corrected chi connectivity index (χ1v) is 9.78. The maximum Gasteiger partial charge on any atom is 0.128 e. The molecule has 4 aromatic carbocycles. The molecule has 0 aliphatic rings. The fourth-order valence-corrected chi connectivity index (χ4v) is 3.55. The van der Waals surface area contributed by atoms with E-state index in [1.807, 2.05) is 72.8 Å². The SMILES string of the molecule is COc1cccc(NNc2cccc(OC)c2-c2ccccc2)c1-c1ccccc1. The van der Waals surface area contributed by atoms with E-state index in [0.29, 0.717) is 0 Å². The third-order valence-corrected chi connectivity index (χ3v) is 4.95. The van der Waals surface area contributed by atoms with Crippen LogP contribution in [-0.4, -0.2) is 14.2 Å². The number of hydrazine groups is 1. The van der Waals surface area contributed by atoms with E-state index >= 15 is 0 Å². The van der Waals surface area contributed by atoms with Gasteiger partial charge in [-0.15, -0.1) is 0 Å². The lowest BCUT2D eigenvalue weighted by molar-refractivity contribution is 0.416. The van der Waals surface area contributed by atoms with Crippen LogP contribution in [0.5, 0.6) is 11.5 Å². The summed E-state index contributed by atoms with van der Waals surface area (Å²) in [5, 5.41) is 0. The highest BCUT2D eigenvalue weighted by molar-refractivity contribution is 5.87. The van der Waals surface area contributed by atoms with Crippen LogP contribution in [0.1, 0.15) is 0 Å². The van der Waals surface area contributed by atoms with Crippen molar-refractivity contribution < 1.29 is 9.47 Å². The molecule has 0 heterocycles. The van der Waals surface area contributed by atoms with E-state index < -0.39 is 0 Å². The molecule has 0 bridgehead atoms.